The third-order valence-corrected chi connectivity index (χ3v) is 2.99. The highest BCUT2D eigenvalue weighted by Gasteiger charge is 2.16. The maximum Gasteiger partial charge on any atom is 0.294 e. The van der Waals surface area contributed by atoms with Gasteiger partial charge in [0, 0.05) is 23.4 Å². The standard InChI is InChI=1S/C16H11FN2O3/c17-13-7-2-1-6-12(13)14-9-15(22-19-14)16(21)18-10-4-3-5-11(20)8-10/h1-9,20H,(H,18,21). The zero-order chi connectivity index (χ0) is 15.5. The number of carbonyl (C=O) groups is 1. The first kappa shape index (κ1) is 13.8. The number of hydrogen-bond acceptors (Lipinski definition) is 4. The second-order valence-corrected chi connectivity index (χ2v) is 4.56. The van der Waals surface area contributed by atoms with E-state index in [0.717, 1.165) is 0 Å². The first-order chi connectivity index (χ1) is 10.6. The molecule has 0 radical (unpaired) electrons. The molecule has 1 aromatic heterocycles. The van der Waals surface area contributed by atoms with Crippen LogP contribution in [0.15, 0.2) is 59.1 Å². The number of anilines is 1. The third kappa shape index (κ3) is 2.80. The Morgan fingerprint density at radius 3 is 2.73 bits per heavy atom. The zero-order valence-electron chi connectivity index (χ0n) is 11.3. The molecule has 6 heteroatoms. The molecule has 0 spiro atoms. The number of nitrogens with one attached hydrogen (secondary N) is 1. The van der Waals surface area contributed by atoms with E-state index in [0.29, 0.717) is 5.69 Å². The first-order valence-corrected chi connectivity index (χ1v) is 6.45. The van der Waals surface area contributed by atoms with Gasteiger partial charge in [0.15, 0.2) is 0 Å². The van der Waals surface area contributed by atoms with Gasteiger partial charge in [-0.25, -0.2) is 4.39 Å². The fraction of sp³-hybridized carbons (Fsp3) is 0. The smallest absolute Gasteiger partial charge is 0.294 e. The molecule has 0 aliphatic rings. The summed E-state index contributed by atoms with van der Waals surface area (Å²) in [6.45, 7) is 0. The second kappa shape index (κ2) is 5.69. The Balaban J connectivity index is 1.82. The van der Waals surface area contributed by atoms with E-state index in [9.17, 15) is 14.3 Å². The van der Waals surface area contributed by atoms with E-state index < -0.39 is 11.7 Å². The summed E-state index contributed by atoms with van der Waals surface area (Å²) in [6, 6.07) is 13.5. The number of phenolic OH excluding ortho intramolecular Hbond substituents is 1. The number of amides is 1. The Morgan fingerprint density at radius 2 is 1.95 bits per heavy atom. The minimum atomic E-state index is -0.541. The molecule has 22 heavy (non-hydrogen) atoms. The number of aromatic hydroxyl groups is 1. The number of hydrogen-bond donors (Lipinski definition) is 2. The fourth-order valence-electron chi connectivity index (χ4n) is 1.95. The second-order valence-electron chi connectivity index (χ2n) is 4.56. The average Bonchev–Trinajstić information content (AvgIpc) is 2.97. The summed E-state index contributed by atoms with van der Waals surface area (Å²) in [5, 5.41) is 15.6. The van der Waals surface area contributed by atoms with Crippen molar-refractivity contribution in [1.29, 1.82) is 0 Å². The summed E-state index contributed by atoms with van der Waals surface area (Å²) in [6.07, 6.45) is 0. The van der Waals surface area contributed by atoms with Gasteiger partial charge in [0.2, 0.25) is 5.76 Å². The number of nitrogens with zero attached hydrogens (tertiary/aromatic N) is 1. The normalized spacial score (nSPS) is 10.4. The molecule has 0 aliphatic carbocycles. The predicted octanol–water partition coefficient (Wildman–Crippen LogP) is 3.44. The van der Waals surface area contributed by atoms with Gasteiger partial charge in [0.05, 0.1) is 0 Å². The van der Waals surface area contributed by atoms with E-state index in [1.807, 2.05) is 0 Å². The van der Waals surface area contributed by atoms with Crippen LogP contribution in [0.25, 0.3) is 11.3 Å². The van der Waals surface area contributed by atoms with Gasteiger partial charge in [-0.3, -0.25) is 4.79 Å². The maximum absolute atomic E-state index is 13.7. The van der Waals surface area contributed by atoms with Crippen LogP contribution in [0.1, 0.15) is 10.6 Å². The molecule has 0 saturated carbocycles. The number of aromatic nitrogens is 1. The van der Waals surface area contributed by atoms with Crippen molar-refractivity contribution in [3.8, 4) is 17.0 Å². The summed E-state index contributed by atoms with van der Waals surface area (Å²) >= 11 is 0. The van der Waals surface area contributed by atoms with E-state index >= 15 is 0 Å². The van der Waals surface area contributed by atoms with E-state index in [2.05, 4.69) is 10.5 Å². The molecule has 5 nitrogen and oxygen atoms in total. The Morgan fingerprint density at radius 1 is 1.14 bits per heavy atom. The van der Waals surface area contributed by atoms with Crippen LogP contribution in [0, 0.1) is 5.82 Å². The van der Waals surface area contributed by atoms with Gasteiger partial charge in [-0.2, -0.15) is 0 Å². The van der Waals surface area contributed by atoms with Crippen LogP contribution in [0.4, 0.5) is 10.1 Å². The molecule has 0 atom stereocenters. The molecule has 0 fully saturated rings. The average molecular weight is 298 g/mol. The van der Waals surface area contributed by atoms with E-state index in [1.165, 1.54) is 24.3 Å². The summed E-state index contributed by atoms with van der Waals surface area (Å²) < 4.78 is 18.6. The molecular formula is C16H11FN2O3. The lowest BCUT2D eigenvalue weighted by atomic mass is 10.1. The topological polar surface area (TPSA) is 75.4 Å². The Bertz CT molecular complexity index is 830. The molecule has 0 unspecified atom stereocenters. The lowest BCUT2D eigenvalue weighted by Gasteiger charge is -2.02. The molecule has 0 aliphatic heterocycles. The van der Waals surface area contributed by atoms with E-state index in [-0.39, 0.29) is 22.8 Å². The van der Waals surface area contributed by atoms with Crippen molar-refractivity contribution in [2.75, 3.05) is 5.32 Å². The minimum Gasteiger partial charge on any atom is -0.508 e. The lowest BCUT2D eigenvalue weighted by molar-refractivity contribution is 0.0988. The SMILES string of the molecule is O=C(Nc1cccc(O)c1)c1cc(-c2ccccc2F)no1. The van der Waals surface area contributed by atoms with Crippen molar-refractivity contribution < 1.29 is 18.8 Å². The van der Waals surface area contributed by atoms with Crippen molar-refractivity contribution >= 4 is 11.6 Å². The van der Waals surface area contributed by atoms with Crippen molar-refractivity contribution in [2.45, 2.75) is 0 Å². The van der Waals surface area contributed by atoms with Crippen LogP contribution in [-0.2, 0) is 0 Å². The number of phenols is 1. The highest BCUT2D eigenvalue weighted by atomic mass is 19.1. The molecule has 2 N–H and O–H groups in total. The molecule has 0 saturated heterocycles. The van der Waals surface area contributed by atoms with Crippen LogP contribution in [0.5, 0.6) is 5.75 Å². The Kier molecular flexibility index (Phi) is 3.57. The van der Waals surface area contributed by atoms with Crippen LogP contribution >= 0.6 is 0 Å². The van der Waals surface area contributed by atoms with E-state index in [1.54, 1.807) is 30.3 Å². The van der Waals surface area contributed by atoms with Gasteiger partial charge in [0.25, 0.3) is 5.91 Å². The number of halogens is 1. The van der Waals surface area contributed by atoms with Gasteiger partial charge < -0.3 is 14.9 Å². The minimum absolute atomic E-state index is 0.0300. The molecule has 0 bridgehead atoms. The van der Waals surface area contributed by atoms with Gasteiger partial charge in [0.1, 0.15) is 17.3 Å². The molecule has 3 aromatic rings. The number of carbonyl (C=O) groups excluding carboxylic acids is 1. The molecule has 3 rings (SSSR count). The maximum atomic E-state index is 13.7. The highest BCUT2D eigenvalue weighted by molar-refractivity contribution is 6.02. The highest BCUT2D eigenvalue weighted by Crippen LogP contribution is 2.23. The molecule has 110 valence electrons. The van der Waals surface area contributed by atoms with Gasteiger partial charge >= 0.3 is 0 Å². The van der Waals surface area contributed by atoms with Crippen LogP contribution in [0.2, 0.25) is 0 Å². The third-order valence-electron chi connectivity index (χ3n) is 2.99. The monoisotopic (exact) mass is 298 g/mol. The van der Waals surface area contributed by atoms with Gasteiger partial charge in [-0.05, 0) is 24.3 Å². The number of benzene rings is 2. The first-order valence-electron chi connectivity index (χ1n) is 6.45. The molecule has 1 amide bonds. The predicted molar refractivity (Wildman–Crippen MR) is 78.0 cm³/mol. The Hall–Kier alpha value is -3.15. The summed E-state index contributed by atoms with van der Waals surface area (Å²) in [5.41, 5.74) is 0.899. The summed E-state index contributed by atoms with van der Waals surface area (Å²) in [4.78, 5) is 12.0. The molecular weight excluding hydrogens is 287 g/mol. The summed E-state index contributed by atoms with van der Waals surface area (Å²) in [5.74, 6) is -1.01. The Labute approximate surface area is 125 Å². The van der Waals surface area contributed by atoms with Crippen LogP contribution in [-0.4, -0.2) is 16.2 Å². The van der Waals surface area contributed by atoms with Gasteiger partial charge in [-0.15, -0.1) is 0 Å². The van der Waals surface area contributed by atoms with Crippen molar-refractivity contribution in [1.82, 2.24) is 5.16 Å². The fourth-order valence-corrected chi connectivity index (χ4v) is 1.95. The zero-order valence-corrected chi connectivity index (χ0v) is 11.3. The quantitative estimate of drug-likeness (QED) is 0.776. The van der Waals surface area contributed by atoms with Crippen molar-refractivity contribution in [2.24, 2.45) is 0 Å². The van der Waals surface area contributed by atoms with Crippen LogP contribution < -0.4 is 5.32 Å². The largest absolute Gasteiger partial charge is 0.508 e. The molecule has 2 aromatic carbocycles. The van der Waals surface area contributed by atoms with Gasteiger partial charge in [-0.1, -0.05) is 23.4 Å². The molecule has 1 heterocycles. The van der Waals surface area contributed by atoms with Crippen molar-refractivity contribution in [3.05, 3.63) is 66.2 Å². The van der Waals surface area contributed by atoms with E-state index in [4.69, 9.17) is 4.52 Å². The summed E-state index contributed by atoms with van der Waals surface area (Å²) in [7, 11) is 0. The number of rotatable bonds is 3. The van der Waals surface area contributed by atoms with Crippen LogP contribution in [0.3, 0.4) is 0 Å². The lowest BCUT2D eigenvalue weighted by Crippen LogP contribution is -2.10. The van der Waals surface area contributed by atoms with Crippen molar-refractivity contribution in [3.63, 3.8) is 0 Å².